The van der Waals surface area contributed by atoms with Crippen molar-refractivity contribution in [2.45, 2.75) is 13.3 Å². The summed E-state index contributed by atoms with van der Waals surface area (Å²) in [4.78, 5) is 0.596. The van der Waals surface area contributed by atoms with Crippen LogP contribution in [0.5, 0.6) is 0 Å². The van der Waals surface area contributed by atoms with E-state index in [4.69, 9.17) is 18.0 Å². The molecule has 2 N–H and O–H groups in total. The molecule has 0 aliphatic rings. The molecule has 0 radical (unpaired) electrons. The normalized spacial score (nSPS) is 12.4. The Labute approximate surface area is 78.6 Å². The van der Waals surface area contributed by atoms with E-state index in [-0.39, 0.29) is 0 Å². The van der Waals surface area contributed by atoms with Crippen LogP contribution >= 0.6 is 12.2 Å². The van der Waals surface area contributed by atoms with E-state index in [0.29, 0.717) is 10.9 Å². The largest absolute Gasteiger partial charge is 0.393 e. The van der Waals surface area contributed by atoms with Gasteiger partial charge >= 0.3 is 0 Å². The molecule has 1 rings (SSSR count). The van der Waals surface area contributed by atoms with Crippen LogP contribution in [-0.4, -0.2) is 4.99 Å². The van der Waals surface area contributed by atoms with Crippen LogP contribution in [0.1, 0.15) is 12.5 Å². The van der Waals surface area contributed by atoms with Gasteiger partial charge in [-0.05, 0) is 12.0 Å². The number of thiocarbonyl (C=S) groups is 1. The van der Waals surface area contributed by atoms with E-state index < -0.39 is 0 Å². The van der Waals surface area contributed by atoms with Gasteiger partial charge in [0.1, 0.15) is 0 Å². The van der Waals surface area contributed by atoms with Gasteiger partial charge in [0, 0.05) is 5.92 Å². The molecule has 0 aliphatic carbocycles. The van der Waals surface area contributed by atoms with Crippen molar-refractivity contribution >= 4 is 17.2 Å². The van der Waals surface area contributed by atoms with E-state index in [1.807, 2.05) is 18.2 Å². The first-order chi connectivity index (χ1) is 5.70. The molecule has 0 bridgehead atoms. The second-order valence-electron chi connectivity index (χ2n) is 2.99. The number of benzene rings is 1. The van der Waals surface area contributed by atoms with Gasteiger partial charge < -0.3 is 5.73 Å². The van der Waals surface area contributed by atoms with Crippen LogP contribution in [-0.2, 0) is 6.42 Å². The van der Waals surface area contributed by atoms with Gasteiger partial charge in [0.25, 0.3) is 0 Å². The van der Waals surface area contributed by atoms with Gasteiger partial charge in [-0.3, -0.25) is 0 Å². The average Bonchev–Trinajstić information content (AvgIpc) is 2.06. The van der Waals surface area contributed by atoms with Crippen LogP contribution in [0.2, 0.25) is 0 Å². The molecule has 1 aromatic rings. The van der Waals surface area contributed by atoms with E-state index in [2.05, 4.69) is 19.1 Å². The highest BCUT2D eigenvalue weighted by Gasteiger charge is 2.04. The fraction of sp³-hybridized carbons (Fsp3) is 0.300. The Kier molecular flexibility index (Phi) is 3.23. The quantitative estimate of drug-likeness (QED) is 0.719. The fourth-order valence-electron chi connectivity index (χ4n) is 1.07. The van der Waals surface area contributed by atoms with Gasteiger partial charge in [-0.2, -0.15) is 0 Å². The number of rotatable bonds is 3. The zero-order chi connectivity index (χ0) is 8.97. The standard InChI is InChI=1S/C10H13NS/c1-8(10(11)12)7-9-5-3-2-4-6-9/h2-6,8H,7H2,1H3,(H2,11,12)/t8-/m0/s1. The first kappa shape index (κ1) is 9.20. The Bertz CT molecular complexity index is 256. The van der Waals surface area contributed by atoms with Gasteiger partial charge in [-0.1, -0.05) is 49.5 Å². The molecule has 64 valence electrons. The number of hydrogen-bond acceptors (Lipinski definition) is 1. The first-order valence-electron chi connectivity index (χ1n) is 4.03. The van der Waals surface area contributed by atoms with Gasteiger partial charge in [-0.15, -0.1) is 0 Å². The van der Waals surface area contributed by atoms with E-state index in [1.54, 1.807) is 0 Å². The minimum Gasteiger partial charge on any atom is -0.393 e. The predicted molar refractivity (Wildman–Crippen MR) is 56.1 cm³/mol. The third kappa shape index (κ3) is 2.62. The lowest BCUT2D eigenvalue weighted by atomic mass is 10.0. The zero-order valence-corrected chi connectivity index (χ0v) is 7.97. The van der Waals surface area contributed by atoms with E-state index >= 15 is 0 Å². The second-order valence-corrected chi connectivity index (χ2v) is 3.46. The predicted octanol–water partition coefficient (Wildman–Crippen LogP) is 2.15. The summed E-state index contributed by atoms with van der Waals surface area (Å²) in [6.45, 7) is 2.05. The highest BCUT2D eigenvalue weighted by atomic mass is 32.1. The summed E-state index contributed by atoms with van der Waals surface area (Å²) in [5.74, 6) is 0.294. The van der Waals surface area contributed by atoms with Crippen molar-refractivity contribution in [3.05, 3.63) is 35.9 Å². The minimum atomic E-state index is 0.294. The van der Waals surface area contributed by atoms with Crippen molar-refractivity contribution in [1.82, 2.24) is 0 Å². The summed E-state index contributed by atoms with van der Waals surface area (Å²) >= 11 is 4.90. The second kappa shape index (κ2) is 4.21. The maximum absolute atomic E-state index is 5.52. The molecule has 0 spiro atoms. The van der Waals surface area contributed by atoms with Crippen LogP contribution in [0.3, 0.4) is 0 Å². The summed E-state index contributed by atoms with van der Waals surface area (Å²) < 4.78 is 0. The molecule has 0 aliphatic heterocycles. The monoisotopic (exact) mass is 179 g/mol. The summed E-state index contributed by atoms with van der Waals surface area (Å²) in [6, 6.07) is 10.3. The molecule has 0 heterocycles. The molecule has 0 saturated carbocycles. The molecule has 12 heavy (non-hydrogen) atoms. The highest BCUT2D eigenvalue weighted by Crippen LogP contribution is 2.07. The van der Waals surface area contributed by atoms with E-state index in [0.717, 1.165) is 6.42 Å². The lowest BCUT2D eigenvalue weighted by molar-refractivity contribution is 0.771. The number of hydrogen-bond donors (Lipinski definition) is 1. The molecule has 1 atom stereocenters. The van der Waals surface area contributed by atoms with E-state index in [1.165, 1.54) is 5.56 Å². The van der Waals surface area contributed by atoms with Crippen molar-refractivity contribution in [2.75, 3.05) is 0 Å². The van der Waals surface area contributed by atoms with Crippen LogP contribution in [0, 0.1) is 5.92 Å². The van der Waals surface area contributed by atoms with Crippen molar-refractivity contribution in [3.63, 3.8) is 0 Å². The van der Waals surface area contributed by atoms with Gasteiger partial charge in [0.15, 0.2) is 0 Å². The molecule has 1 nitrogen and oxygen atoms in total. The molecule has 0 aromatic heterocycles. The van der Waals surface area contributed by atoms with Crippen LogP contribution in [0.15, 0.2) is 30.3 Å². The Morgan fingerprint density at radius 2 is 2.00 bits per heavy atom. The summed E-state index contributed by atoms with van der Waals surface area (Å²) in [5, 5.41) is 0. The van der Waals surface area contributed by atoms with Crippen LogP contribution in [0.4, 0.5) is 0 Å². The van der Waals surface area contributed by atoms with Crippen molar-refractivity contribution in [1.29, 1.82) is 0 Å². The first-order valence-corrected chi connectivity index (χ1v) is 4.44. The number of nitrogens with two attached hydrogens (primary N) is 1. The highest BCUT2D eigenvalue weighted by molar-refractivity contribution is 7.80. The van der Waals surface area contributed by atoms with Gasteiger partial charge in [0.2, 0.25) is 0 Å². The van der Waals surface area contributed by atoms with Crippen molar-refractivity contribution in [3.8, 4) is 0 Å². The smallest absolute Gasteiger partial charge is 0.0759 e. The van der Waals surface area contributed by atoms with Crippen molar-refractivity contribution in [2.24, 2.45) is 11.7 Å². The maximum Gasteiger partial charge on any atom is 0.0759 e. The third-order valence-corrected chi connectivity index (χ3v) is 2.27. The molecule has 2 heteroatoms. The fourth-order valence-corrected chi connectivity index (χ4v) is 1.15. The average molecular weight is 179 g/mol. The molecule has 0 saturated heterocycles. The van der Waals surface area contributed by atoms with Crippen molar-refractivity contribution < 1.29 is 0 Å². The van der Waals surface area contributed by atoms with Gasteiger partial charge in [0.05, 0.1) is 4.99 Å². The minimum absolute atomic E-state index is 0.294. The summed E-state index contributed by atoms with van der Waals surface area (Å²) in [7, 11) is 0. The molecule has 1 aromatic carbocycles. The molecule has 0 fully saturated rings. The molecule has 0 amide bonds. The Hall–Kier alpha value is -0.890. The van der Waals surface area contributed by atoms with Crippen LogP contribution < -0.4 is 5.73 Å². The third-order valence-electron chi connectivity index (χ3n) is 1.87. The maximum atomic E-state index is 5.52. The van der Waals surface area contributed by atoms with E-state index in [9.17, 15) is 0 Å². The lowest BCUT2D eigenvalue weighted by Crippen LogP contribution is -2.20. The Morgan fingerprint density at radius 3 is 2.50 bits per heavy atom. The SMILES string of the molecule is C[C@@H](Cc1ccccc1)C(N)=S. The molecule has 0 unspecified atom stereocenters. The molecular weight excluding hydrogens is 166 g/mol. The zero-order valence-electron chi connectivity index (χ0n) is 7.16. The topological polar surface area (TPSA) is 26.0 Å². The lowest BCUT2D eigenvalue weighted by Gasteiger charge is -2.08. The Balaban J connectivity index is 2.58. The summed E-state index contributed by atoms with van der Waals surface area (Å²) in [5.41, 5.74) is 6.80. The summed E-state index contributed by atoms with van der Waals surface area (Å²) in [6.07, 6.45) is 0.941. The Morgan fingerprint density at radius 1 is 1.42 bits per heavy atom. The van der Waals surface area contributed by atoms with Gasteiger partial charge in [-0.25, -0.2) is 0 Å². The molecular formula is C10H13NS. The van der Waals surface area contributed by atoms with Crippen LogP contribution in [0.25, 0.3) is 0 Å².